The first kappa shape index (κ1) is 20.8. The molecule has 2 saturated heterocycles. The van der Waals surface area contributed by atoms with Crippen molar-refractivity contribution in [3.05, 3.63) is 29.3 Å². The molecule has 0 radical (unpaired) electrons. The molecule has 3 rings (SSSR count). The van der Waals surface area contributed by atoms with Crippen LogP contribution < -0.4 is 4.74 Å². The van der Waals surface area contributed by atoms with Gasteiger partial charge in [0.05, 0.1) is 17.8 Å². The molecular formula is C23H33NO4. The van der Waals surface area contributed by atoms with Gasteiger partial charge in [0.15, 0.2) is 0 Å². The van der Waals surface area contributed by atoms with Gasteiger partial charge in [-0.2, -0.15) is 0 Å². The number of ether oxygens (including phenoxy) is 2. The third kappa shape index (κ3) is 4.75. The van der Waals surface area contributed by atoms with E-state index in [2.05, 4.69) is 6.92 Å². The minimum absolute atomic E-state index is 0.0429. The first-order chi connectivity index (χ1) is 13.3. The molecule has 0 N–H and O–H groups in total. The number of piperidine rings is 1. The number of aryl methyl sites for hydroxylation is 1. The smallest absolute Gasteiger partial charge is 0.253 e. The molecule has 5 heteroatoms. The zero-order chi connectivity index (χ0) is 20.3. The number of amides is 1. The van der Waals surface area contributed by atoms with Gasteiger partial charge in [-0.05, 0) is 63.8 Å². The van der Waals surface area contributed by atoms with Crippen LogP contribution in [0, 0.1) is 6.92 Å². The standard InChI is InChI=1S/C23H33NO4/c1-5-6-20-14-19(25)15-23(28-20)9-11-24(12-10-23)22(26)18-7-8-21(17(4)13-18)27-16(2)3/h7-8,13,16,20H,5-6,9-12,14-15H2,1-4H3. The van der Waals surface area contributed by atoms with Gasteiger partial charge in [-0.25, -0.2) is 0 Å². The normalized spacial score (nSPS) is 22.0. The van der Waals surface area contributed by atoms with Crippen LogP contribution in [0.25, 0.3) is 0 Å². The second-order valence-electron chi connectivity index (χ2n) is 8.57. The van der Waals surface area contributed by atoms with Crippen molar-refractivity contribution in [1.82, 2.24) is 4.90 Å². The summed E-state index contributed by atoms with van der Waals surface area (Å²) in [6, 6.07) is 5.63. The maximum atomic E-state index is 13.0. The van der Waals surface area contributed by atoms with Gasteiger partial charge in [0.1, 0.15) is 11.5 Å². The van der Waals surface area contributed by atoms with Crippen LogP contribution in [0.4, 0.5) is 0 Å². The molecule has 1 aromatic carbocycles. The Bertz CT molecular complexity index is 719. The summed E-state index contributed by atoms with van der Waals surface area (Å²) < 4.78 is 12.1. The monoisotopic (exact) mass is 387 g/mol. The first-order valence-corrected chi connectivity index (χ1v) is 10.6. The number of benzene rings is 1. The molecule has 2 aliphatic heterocycles. The highest BCUT2D eigenvalue weighted by atomic mass is 16.5. The zero-order valence-electron chi connectivity index (χ0n) is 17.6. The number of likely N-dealkylation sites (tertiary alicyclic amines) is 1. The summed E-state index contributed by atoms with van der Waals surface area (Å²) in [7, 11) is 0. The van der Waals surface area contributed by atoms with Crippen LogP contribution in [0.5, 0.6) is 5.75 Å². The Balaban J connectivity index is 1.63. The summed E-state index contributed by atoms with van der Waals surface area (Å²) in [5, 5.41) is 0. The van der Waals surface area contributed by atoms with E-state index in [1.54, 1.807) is 0 Å². The van der Waals surface area contributed by atoms with Crippen molar-refractivity contribution in [2.45, 2.75) is 84.0 Å². The van der Waals surface area contributed by atoms with Gasteiger partial charge < -0.3 is 14.4 Å². The number of hydrogen-bond acceptors (Lipinski definition) is 4. The maximum absolute atomic E-state index is 13.0. The largest absolute Gasteiger partial charge is 0.491 e. The molecule has 0 aliphatic carbocycles. The van der Waals surface area contributed by atoms with Gasteiger partial charge in [-0.1, -0.05) is 13.3 Å². The average molecular weight is 388 g/mol. The van der Waals surface area contributed by atoms with E-state index in [4.69, 9.17) is 9.47 Å². The van der Waals surface area contributed by atoms with Gasteiger partial charge in [0, 0.05) is 31.5 Å². The number of ketones is 1. The highest BCUT2D eigenvalue weighted by molar-refractivity contribution is 5.94. The predicted molar refractivity (Wildman–Crippen MR) is 109 cm³/mol. The van der Waals surface area contributed by atoms with Gasteiger partial charge in [0.2, 0.25) is 0 Å². The van der Waals surface area contributed by atoms with Gasteiger partial charge >= 0.3 is 0 Å². The van der Waals surface area contributed by atoms with E-state index in [1.807, 2.05) is 43.9 Å². The van der Waals surface area contributed by atoms with E-state index in [-0.39, 0.29) is 23.7 Å². The summed E-state index contributed by atoms with van der Waals surface area (Å²) >= 11 is 0. The SMILES string of the molecule is CCCC1CC(=O)CC2(CCN(C(=O)c3ccc(OC(C)C)c(C)c3)CC2)O1. The van der Waals surface area contributed by atoms with E-state index < -0.39 is 0 Å². The van der Waals surface area contributed by atoms with Crippen molar-refractivity contribution in [3.8, 4) is 5.75 Å². The minimum Gasteiger partial charge on any atom is -0.491 e. The van der Waals surface area contributed by atoms with Crippen molar-refractivity contribution in [3.63, 3.8) is 0 Å². The van der Waals surface area contributed by atoms with Crippen molar-refractivity contribution in [2.75, 3.05) is 13.1 Å². The third-order valence-electron chi connectivity index (χ3n) is 5.75. The third-order valence-corrected chi connectivity index (χ3v) is 5.75. The Kier molecular flexibility index (Phi) is 6.43. The second-order valence-corrected chi connectivity index (χ2v) is 8.57. The molecule has 1 unspecified atom stereocenters. The highest BCUT2D eigenvalue weighted by Gasteiger charge is 2.43. The van der Waals surface area contributed by atoms with Crippen LogP contribution in [-0.4, -0.2) is 47.5 Å². The number of hydrogen-bond donors (Lipinski definition) is 0. The Morgan fingerprint density at radius 1 is 1.32 bits per heavy atom. The Morgan fingerprint density at radius 2 is 2.04 bits per heavy atom. The minimum atomic E-state index is -0.364. The fraction of sp³-hybridized carbons (Fsp3) is 0.652. The molecule has 154 valence electrons. The summed E-state index contributed by atoms with van der Waals surface area (Å²) in [5.74, 6) is 1.17. The van der Waals surface area contributed by atoms with E-state index in [9.17, 15) is 9.59 Å². The lowest BCUT2D eigenvalue weighted by atomic mass is 9.82. The summed E-state index contributed by atoms with van der Waals surface area (Å²) in [6.07, 6.45) is 4.61. The fourth-order valence-corrected chi connectivity index (χ4v) is 4.37. The highest BCUT2D eigenvalue weighted by Crippen LogP contribution is 2.37. The molecule has 1 aromatic rings. The molecule has 2 heterocycles. The maximum Gasteiger partial charge on any atom is 0.253 e. The van der Waals surface area contributed by atoms with Crippen molar-refractivity contribution < 1.29 is 19.1 Å². The van der Waals surface area contributed by atoms with Gasteiger partial charge in [-0.3, -0.25) is 9.59 Å². The summed E-state index contributed by atoms with van der Waals surface area (Å²) in [6.45, 7) is 9.34. The zero-order valence-corrected chi connectivity index (χ0v) is 17.6. The van der Waals surface area contributed by atoms with Crippen LogP contribution in [0.2, 0.25) is 0 Å². The van der Waals surface area contributed by atoms with Crippen LogP contribution in [0.3, 0.4) is 0 Å². The molecule has 1 atom stereocenters. The van der Waals surface area contributed by atoms with Crippen LogP contribution in [0.15, 0.2) is 18.2 Å². The van der Waals surface area contributed by atoms with Crippen molar-refractivity contribution >= 4 is 11.7 Å². The molecule has 28 heavy (non-hydrogen) atoms. The van der Waals surface area contributed by atoms with E-state index in [1.165, 1.54) is 0 Å². The molecular weight excluding hydrogens is 354 g/mol. The second kappa shape index (κ2) is 8.64. The Morgan fingerprint density at radius 3 is 2.64 bits per heavy atom. The topological polar surface area (TPSA) is 55.8 Å². The summed E-state index contributed by atoms with van der Waals surface area (Å²) in [4.78, 5) is 27.1. The van der Waals surface area contributed by atoms with Gasteiger partial charge in [-0.15, -0.1) is 0 Å². The van der Waals surface area contributed by atoms with E-state index >= 15 is 0 Å². The lowest BCUT2D eigenvalue weighted by molar-refractivity contribution is -0.166. The summed E-state index contributed by atoms with van der Waals surface area (Å²) in [5.41, 5.74) is 1.29. The predicted octanol–water partition coefficient (Wildman–Crippen LogP) is 4.31. The first-order valence-electron chi connectivity index (χ1n) is 10.6. The molecule has 1 spiro atoms. The van der Waals surface area contributed by atoms with Gasteiger partial charge in [0.25, 0.3) is 5.91 Å². The Hall–Kier alpha value is -1.88. The number of rotatable bonds is 5. The van der Waals surface area contributed by atoms with Crippen LogP contribution >= 0.6 is 0 Å². The Labute approximate surface area is 168 Å². The molecule has 1 amide bonds. The van der Waals surface area contributed by atoms with Crippen molar-refractivity contribution in [2.24, 2.45) is 0 Å². The average Bonchev–Trinajstić information content (AvgIpc) is 2.63. The number of nitrogens with zero attached hydrogens (tertiary/aromatic N) is 1. The molecule has 2 fully saturated rings. The lowest BCUT2D eigenvalue weighted by Gasteiger charge is -2.46. The molecule has 0 bridgehead atoms. The number of carbonyl (C=O) groups excluding carboxylic acids is 2. The molecule has 0 aromatic heterocycles. The quantitative estimate of drug-likeness (QED) is 0.756. The lowest BCUT2D eigenvalue weighted by Crippen LogP contribution is -2.53. The molecule has 0 saturated carbocycles. The van der Waals surface area contributed by atoms with Crippen LogP contribution in [0.1, 0.15) is 75.2 Å². The van der Waals surface area contributed by atoms with E-state index in [0.717, 1.165) is 37.0 Å². The molecule has 2 aliphatic rings. The number of carbonyl (C=O) groups is 2. The fourth-order valence-electron chi connectivity index (χ4n) is 4.37. The van der Waals surface area contributed by atoms with Crippen molar-refractivity contribution in [1.29, 1.82) is 0 Å². The van der Waals surface area contributed by atoms with E-state index in [0.29, 0.717) is 37.3 Å². The number of Topliss-reactive ketones (excluding diaryl/α,β-unsaturated/α-hetero) is 1. The van der Waals surface area contributed by atoms with Crippen LogP contribution in [-0.2, 0) is 9.53 Å². The molecule has 5 nitrogen and oxygen atoms in total.